The van der Waals surface area contributed by atoms with E-state index < -0.39 is 0 Å². The first-order chi connectivity index (χ1) is 9.38. The Labute approximate surface area is 109 Å². The Bertz CT molecular complexity index is 974. The van der Waals surface area contributed by atoms with Crippen LogP contribution in [0.1, 0.15) is 5.56 Å². The number of fused-ring (bicyclic) bond motifs is 5. The highest BCUT2D eigenvalue weighted by atomic mass is 14.9. The van der Waals surface area contributed by atoms with Gasteiger partial charge in [0.25, 0.3) is 0 Å². The Morgan fingerprint density at radius 1 is 1.05 bits per heavy atom. The van der Waals surface area contributed by atoms with E-state index in [0.29, 0.717) is 5.56 Å². The van der Waals surface area contributed by atoms with Crippen LogP contribution in [0.25, 0.3) is 27.3 Å². The number of benzene rings is 2. The predicted molar refractivity (Wildman–Crippen MR) is 74.9 cm³/mol. The third kappa shape index (κ3) is 1.28. The van der Waals surface area contributed by atoms with Crippen molar-refractivity contribution in [2.24, 2.45) is 0 Å². The molecule has 4 aromatic rings. The molecular formula is C16H9N3. The van der Waals surface area contributed by atoms with E-state index in [1.54, 1.807) is 0 Å². The van der Waals surface area contributed by atoms with Gasteiger partial charge < -0.3 is 4.40 Å². The summed E-state index contributed by atoms with van der Waals surface area (Å²) < 4.78 is 2.06. The molecule has 4 rings (SSSR count). The molecule has 0 amide bonds. The van der Waals surface area contributed by atoms with Gasteiger partial charge >= 0.3 is 0 Å². The first-order valence-electron chi connectivity index (χ1n) is 6.06. The van der Waals surface area contributed by atoms with Crippen LogP contribution in [0, 0.1) is 11.3 Å². The van der Waals surface area contributed by atoms with Crippen LogP contribution in [0.15, 0.2) is 54.9 Å². The van der Waals surface area contributed by atoms with Gasteiger partial charge in [0.2, 0.25) is 0 Å². The van der Waals surface area contributed by atoms with Gasteiger partial charge in [-0.3, -0.25) is 4.98 Å². The Morgan fingerprint density at radius 3 is 2.84 bits per heavy atom. The Morgan fingerprint density at radius 2 is 1.95 bits per heavy atom. The monoisotopic (exact) mass is 243 g/mol. The van der Waals surface area contributed by atoms with Crippen molar-refractivity contribution in [3.8, 4) is 6.07 Å². The SMILES string of the molecule is N#Cc1cccc2ncc3c4ccccc4cn3c12. The third-order valence-corrected chi connectivity index (χ3v) is 3.47. The van der Waals surface area contributed by atoms with Crippen molar-refractivity contribution < 1.29 is 0 Å². The molecule has 0 radical (unpaired) electrons. The number of nitriles is 1. The molecule has 0 unspecified atom stereocenters. The van der Waals surface area contributed by atoms with Crippen LogP contribution in [0.5, 0.6) is 0 Å². The lowest BCUT2D eigenvalue weighted by Gasteiger charge is -2.03. The fourth-order valence-corrected chi connectivity index (χ4v) is 2.61. The molecule has 88 valence electrons. The van der Waals surface area contributed by atoms with Crippen LogP contribution in [-0.4, -0.2) is 9.38 Å². The largest absolute Gasteiger partial charge is 0.311 e. The van der Waals surface area contributed by atoms with Gasteiger partial charge in [0, 0.05) is 17.0 Å². The smallest absolute Gasteiger partial charge is 0.101 e. The minimum Gasteiger partial charge on any atom is -0.311 e. The topological polar surface area (TPSA) is 41.1 Å². The molecule has 2 heterocycles. The summed E-state index contributed by atoms with van der Waals surface area (Å²) in [5, 5.41) is 11.6. The summed E-state index contributed by atoms with van der Waals surface area (Å²) in [7, 11) is 0. The average molecular weight is 243 g/mol. The lowest BCUT2D eigenvalue weighted by molar-refractivity contribution is 1.23. The van der Waals surface area contributed by atoms with Crippen LogP contribution in [0.3, 0.4) is 0 Å². The second-order valence-electron chi connectivity index (χ2n) is 4.51. The van der Waals surface area contributed by atoms with Crippen molar-refractivity contribution in [2.75, 3.05) is 0 Å². The highest BCUT2D eigenvalue weighted by Crippen LogP contribution is 2.26. The molecule has 0 fully saturated rings. The second kappa shape index (κ2) is 3.56. The predicted octanol–water partition coefficient (Wildman–Crippen LogP) is 3.51. The molecule has 0 aliphatic heterocycles. The molecule has 0 aliphatic rings. The van der Waals surface area contributed by atoms with Gasteiger partial charge in [0.1, 0.15) is 6.07 Å². The molecule has 3 nitrogen and oxygen atoms in total. The summed E-state index contributed by atoms with van der Waals surface area (Å²) in [5.41, 5.74) is 3.40. The Hall–Kier alpha value is -2.86. The van der Waals surface area contributed by atoms with Crippen LogP contribution >= 0.6 is 0 Å². The van der Waals surface area contributed by atoms with Crippen LogP contribution in [0.4, 0.5) is 0 Å². The standard InChI is InChI=1S/C16H9N3/c17-8-11-5-3-7-14-16(11)19-10-12-4-1-2-6-13(12)15(19)9-18-14/h1-7,9-10H. The zero-order valence-corrected chi connectivity index (χ0v) is 10.0. The molecule has 0 spiro atoms. The van der Waals surface area contributed by atoms with E-state index in [2.05, 4.69) is 33.8 Å². The number of hydrogen-bond acceptors (Lipinski definition) is 2. The van der Waals surface area contributed by atoms with Crippen molar-refractivity contribution in [1.29, 1.82) is 5.26 Å². The van der Waals surface area contributed by atoms with Gasteiger partial charge in [-0.2, -0.15) is 5.26 Å². The first kappa shape index (κ1) is 10.1. The van der Waals surface area contributed by atoms with Crippen molar-refractivity contribution in [2.45, 2.75) is 0 Å². The van der Waals surface area contributed by atoms with Crippen molar-refractivity contribution in [1.82, 2.24) is 9.38 Å². The van der Waals surface area contributed by atoms with E-state index in [0.717, 1.165) is 27.3 Å². The third-order valence-electron chi connectivity index (χ3n) is 3.47. The minimum atomic E-state index is 0.649. The van der Waals surface area contributed by atoms with E-state index >= 15 is 0 Å². The summed E-state index contributed by atoms with van der Waals surface area (Å²) in [4.78, 5) is 4.47. The number of para-hydroxylation sites is 1. The van der Waals surface area contributed by atoms with Crippen molar-refractivity contribution >= 4 is 27.3 Å². The maximum Gasteiger partial charge on any atom is 0.101 e. The molecule has 0 N–H and O–H groups in total. The lowest BCUT2D eigenvalue weighted by atomic mass is 10.2. The summed E-state index contributed by atoms with van der Waals surface area (Å²) in [6, 6.07) is 16.1. The molecular weight excluding hydrogens is 234 g/mol. The molecule has 19 heavy (non-hydrogen) atoms. The molecule has 0 saturated carbocycles. The lowest BCUT2D eigenvalue weighted by Crippen LogP contribution is -1.92. The van der Waals surface area contributed by atoms with Gasteiger partial charge in [-0.05, 0) is 12.1 Å². The van der Waals surface area contributed by atoms with Gasteiger partial charge in [-0.15, -0.1) is 0 Å². The minimum absolute atomic E-state index is 0.649. The van der Waals surface area contributed by atoms with E-state index in [1.165, 1.54) is 0 Å². The summed E-state index contributed by atoms with van der Waals surface area (Å²) in [6.45, 7) is 0. The maximum atomic E-state index is 9.28. The number of hydrogen-bond donors (Lipinski definition) is 0. The second-order valence-corrected chi connectivity index (χ2v) is 4.51. The molecule has 0 atom stereocenters. The Kier molecular flexibility index (Phi) is 1.89. The molecule has 3 heteroatoms. The van der Waals surface area contributed by atoms with Crippen LogP contribution < -0.4 is 0 Å². The normalized spacial score (nSPS) is 11.1. The molecule has 2 aromatic carbocycles. The molecule has 0 bridgehead atoms. The van der Waals surface area contributed by atoms with Gasteiger partial charge in [0.05, 0.1) is 28.3 Å². The fourth-order valence-electron chi connectivity index (χ4n) is 2.61. The van der Waals surface area contributed by atoms with Crippen LogP contribution in [-0.2, 0) is 0 Å². The molecule has 0 saturated heterocycles. The van der Waals surface area contributed by atoms with Gasteiger partial charge in [-0.1, -0.05) is 30.3 Å². The number of aromatic nitrogens is 2. The fraction of sp³-hybridized carbons (Fsp3) is 0. The van der Waals surface area contributed by atoms with Crippen LogP contribution in [0.2, 0.25) is 0 Å². The Balaban J connectivity index is 2.35. The van der Waals surface area contributed by atoms with E-state index in [9.17, 15) is 5.26 Å². The first-order valence-corrected chi connectivity index (χ1v) is 6.06. The van der Waals surface area contributed by atoms with Gasteiger partial charge in [-0.25, -0.2) is 0 Å². The zero-order valence-electron chi connectivity index (χ0n) is 10.0. The zero-order chi connectivity index (χ0) is 12.8. The number of nitrogens with zero attached hydrogens (tertiary/aromatic N) is 3. The molecule has 2 aromatic heterocycles. The summed E-state index contributed by atoms with van der Waals surface area (Å²) >= 11 is 0. The quantitative estimate of drug-likeness (QED) is 0.474. The van der Waals surface area contributed by atoms with Crippen molar-refractivity contribution in [3.05, 3.63) is 60.4 Å². The number of rotatable bonds is 0. The highest BCUT2D eigenvalue weighted by Gasteiger charge is 2.09. The van der Waals surface area contributed by atoms with E-state index in [4.69, 9.17) is 0 Å². The van der Waals surface area contributed by atoms with Gasteiger partial charge in [0.15, 0.2) is 0 Å². The summed E-state index contributed by atoms with van der Waals surface area (Å²) in [6.07, 6.45) is 3.93. The van der Waals surface area contributed by atoms with E-state index in [-0.39, 0.29) is 0 Å². The average Bonchev–Trinajstić information content (AvgIpc) is 2.85. The maximum absolute atomic E-state index is 9.28. The molecule has 0 aliphatic carbocycles. The highest BCUT2D eigenvalue weighted by molar-refractivity contribution is 6.00. The van der Waals surface area contributed by atoms with Crippen molar-refractivity contribution in [3.63, 3.8) is 0 Å². The van der Waals surface area contributed by atoms with E-state index in [1.807, 2.05) is 36.5 Å². The summed E-state index contributed by atoms with van der Waals surface area (Å²) in [5.74, 6) is 0.